The molecule has 1 aliphatic rings. The molecule has 230 valence electrons. The van der Waals surface area contributed by atoms with Crippen LogP contribution in [0.4, 0.5) is 13.2 Å². The van der Waals surface area contributed by atoms with Crippen LogP contribution in [0.3, 0.4) is 0 Å². The monoisotopic (exact) mass is 612 g/mol. The number of benzene rings is 2. The van der Waals surface area contributed by atoms with Crippen molar-refractivity contribution >= 4 is 24.9 Å². The van der Waals surface area contributed by atoms with Crippen molar-refractivity contribution in [2.24, 2.45) is 13.0 Å². The van der Waals surface area contributed by atoms with E-state index in [9.17, 15) is 13.6 Å². The zero-order valence-corrected chi connectivity index (χ0v) is 26.6. The third kappa shape index (κ3) is 5.89. The molecule has 1 fully saturated rings. The van der Waals surface area contributed by atoms with Crippen LogP contribution in [0.1, 0.15) is 60.6 Å². The van der Waals surface area contributed by atoms with Gasteiger partial charge in [0.1, 0.15) is 24.6 Å². The average molecular weight is 613 g/mol. The second-order valence-electron chi connectivity index (χ2n) is 12.9. The summed E-state index contributed by atoms with van der Waals surface area (Å²) in [5.74, 6) is -0.143. The van der Waals surface area contributed by atoms with Crippen LogP contribution in [-0.4, -0.2) is 46.6 Å². The number of halogens is 3. The van der Waals surface area contributed by atoms with E-state index in [2.05, 4.69) is 36.8 Å². The summed E-state index contributed by atoms with van der Waals surface area (Å²) in [7, 11) is 0.471. The summed E-state index contributed by atoms with van der Waals surface area (Å²) < 4.78 is 60.1. The number of rotatable bonds is 11. The van der Waals surface area contributed by atoms with E-state index >= 15 is 4.39 Å². The molecule has 0 saturated heterocycles. The predicted molar refractivity (Wildman–Crippen MR) is 163 cm³/mol. The van der Waals surface area contributed by atoms with Gasteiger partial charge in [-0.1, -0.05) is 50.8 Å². The van der Waals surface area contributed by atoms with Crippen LogP contribution in [0.2, 0.25) is 25.7 Å². The quantitative estimate of drug-likeness (QED) is 0.0986. The third-order valence-electron chi connectivity index (χ3n) is 8.35. The van der Waals surface area contributed by atoms with Gasteiger partial charge in [0.05, 0.1) is 17.5 Å². The Morgan fingerprint density at radius 3 is 2.53 bits per heavy atom. The first-order valence-corrected chi connectivity index (χ1v) is 18.4. The number of esters is 1. The Bertz CT molecular complexity index is 1640. The van der Waals surface area contributed by atoms with Gasteiger partial charge in [0.15, 0.2) is 5.82 Å². The summed E-state index contributed by atoms with van der Waals surface area (Å²) in [6.45, 7) is 10.8. The first-order chi connectivity index (χ1) is 20.4. The number of carbonyl (C=O) groups excluding carboxylic acids is 1. The number of aryl methyl sites for hydroxylation is 1. The summed E-state index contributed by atoms with van der Waals surface area (Å²) in [6, 6.07) is 10.7. The van der Waals surface area contributed by atoms with E-state index in [1.807, 2.05) is 29.8 Å². The molecule has 43 heavy (non-hydrogen) atoms. The Hall–Kier alpha value is -3.44. The Kier molecular flexibility index (Phi) is 8.59. The van der Waals surface area contributed by atoms with Crippen molar-refractivity contribution in [2.75, 3.05) is 13.2 Å². The van der Waals surface area contributed by atoms with Gasteiger partial charge in [0.25, 0.3) is 6.43 Å². The summed E-state index contributed by atoms with van der Waals surface area (Å²) in [5.41, 5.74) is 0.523. The molecule has 4 aromatic rings. The van der Waals surface area contributed by atoms with Crippen molar-refractivity contribution in [3.8, 4) is 11.1 Å². The summed E-state index contributed by atoms with van der Waals surface area (Å²) in [5, 5.41) is 8.44. The minimum absolute atomic E-state index is 0.0266. The number of hydrogen-bond donors (Lipinski definition) is 0. The second kappa shape index (κ2) is 11.9. The average Bonchev–Trinajstić information content (AvgIpc) is 3.53. The first kappa shape index (κ1) is 31.0. The highest BCUT2D eigenvalue weighted by atomic mass is 28.3. The molecule has 5 rings (SSSR count). The van der Waals surface area contributed by atoms with Crippen LogP contribution in [0.5, 0.6) is 0 Å². The Labute approximate surface area is 251 Å². The molecule has 0 spiro atoms. The minimum atomic E-state index is -2.90. The Morgan fingerprint density at radius 2 is 1.93 bits per heavy atom. The summed E-state index contributed by atoms with van der Waals surface area (Å²) in [4.78, 5) is 12.9. The number of hydrogen-bond acceptors (Lipinski definition) is 5. The van der Waals surface area contributed by atoms with Crippen molar-refractivity contribution in [2.45, 2.75) is 70.9 Å². The van der Waals surface area contributed by atoms with E-state index in [4.69, 9.17) is 9.47 Å². The lowest BCUT2D eigenvalue weighted by atomic mass is 9.58. The normalized spacial score (nSPS) is 18.8. The molecular weight excluding hydrogens is 573 g/mol. The lowest BCUT2D eigenvalue weighted by Crippen LogP contribution is -2.43. The Morgan fingerprint density at radius 1 is 1.19 bits per heavy atom. The first-order valence-electron chi connectivity index (χ1n) is 14.7. The van der Waals surface area contributed by atoms with E-state index in [-0.39, 0.29) is 41.1 Å². The molecule has 0 amide bonds. The van der Waals surface area contributed by atoms with Crippen molar-refractivity contribution in [3.05, 3.63) is 71.2 Å². The molecule has 1 saturated carbocycles. The lowest BCUT2D eigenvalue weighted by molar-refractivity contribution is 0.0477. The van der Waals surface area contributed by atoms with Gasteiger partial charge in [-0.2, -0.15) is 0 Å². The number of carbonyl (C=O) groups is 1. The molecule has 0 bridgehead atoms. The topological polar surface area (TPSA) is 71.2 Å². The fourth-order valence-corrected chi connectivity index (χ4v) is 7.00. The fourth-order valence-electron chi connectivity index (χ4n) is 6.24. The summed E-state index contributed by atoms with van der Waals surface area (Å²) in [6.07, 6.45) is 0.440. The number of ether oxygens (including phenoxy) is 2. The second-order valence-corrected chi connectivity index (χ2v) is 18.5. The lowest BCUT2D eigenvalue weighted by Gasteiger charge is -2.46. The van der Waals surface area contributed by atoms with Crippen molar-refractivity contribution in [3.63, 3.8) is 0 Å². The van der Waals surface area contributed by atoms with Gasteiger partial charge in [0.2, 0.25) is 0 Å². The molecule has 2 aromatic heterocycles. The van der Waals surface area contributed by atoms with Gasteiger partial charge in [-0.3, -0.25) is 0 Å². The molecule has 11 heteroatoms. The van der Waals surface area contributed by atoms with E-state index in [1.54, 1.807) is 19.3 Å². The largest absolute Gasteiger partial charge is 0.461 e. The number of aromatic nitrogens is 4. The highest BCUT2D eigenvalue weighted by Gasteiger charge is 2.48. The van der Waals surface area contributed by atoms with E-state index in [0.29, 0.717) is 18.1 Å². The number of fused-ring (bicyclic) bond motifs is 1. The predicted octanol–water partition coefficient (Wildman–Crippen LogP) is 7.72. The summed E-state index contributed by atoms with van der Waals surface area (Å²) >= 11 is 0. The van der Waals surface area contributed by atoms with Crippen LogP contribution < -0.4 is 0 Å². The van der Waals surface area contributed by atoms with Crippen molar-refractivity contribution < 1.29 is 27.4 Å². The van der Waals surface area contributed by atoms with Gasteiger partial charge in [-0.25, -0.2) is 18.0 Å². The van der Waals surface area contributed by atoms with Gasteiger partial charge in [0, 0.05) is 38.2 Å². The smallest absolute Gasteiger partial charge is 0.355 e. The van der Waals surface area contributed by atoms with E-state index in [0.717, 1.165) is 30.3 Å². The van der Waals surface area contributed by atoms with Crippen LogP contribution in [0.15, 0.2) is 42.7 Å². The molecule has 7 nitrogen and oxygen atoms in total. The highest BCUT2D eigenvalue weighted by Crippen LogP contribution is 2.52. The van der Waals surface area contributed by atoms with Gasteiger partial charge >= 0.3 is 5.97 Å². The third-order valence-corrected chi connectivity index (χ3v) is 10.1. The van der Waals surface area contributed by atoms with Gasteiger partial charge in [-0.15, -0.1) is 10.2 Å². The maximum absolute atomic E-state index is 16.7. The molecule has 0 unspecified atom stereocenters. The number of alkyl halides is 2. The molecule has 2 heterocycles. The van der Waals surface area contributed by atoms with Crippen molar-refractivity contribution in [1.82, 2.24) is 19.3 Å². The molecule has 0 radical (unpaired) electrons. The zero-order valence-electron chi connectivity index (χ0n) is 25.6. The molecule has 0 N–H and O–H groups in total. The number of nitrogens with zero attached hydrogens (tertiary/aromatic N) is 4. The van der Waals surface area contributed by atoms with Crippen LogP contribution >= 0.6 is 0 Å². The van der Waals surface area contributed by atoms with Gasteiger partial charge in [-0.05, 0) is 55.0 Å². The van der Waals surface area contributed by atoms with Gasteiger partial charge < -0.3 is 18.6 Å². The van der Waals surface area contributed by atoms with Crippen LogP contribution in [0.25, 0.3) is 22.0 Å². The molecule has 2 aromatic carbocycles. The maximum atomic E-state index is 16.7. The van der Waals surface area contributed by atoms with Crippen LogP contribution in [0, 0.1) is 11.7 Å². The fraction of sp³-hybridized carbons (Fsp3) is 0.469. The standard InChI is InChI=1S/C32H39F3N4O3Si/c1-7-42-30(40)26-15-24-25(29(34)35)14-23(27(33)28(24)39(26)19-41-11-12-43(4,5)6)21-9-8-10-22(13-21)32(16-20(2)17-32)31-37-36-18-38(31)3/h8-10,13-15,18,20,29H,7,11-12,16-17,19H2,1-6H3. The SMILES string of the molecule is CCOC(=O)c1cc2c(C(F)F)cc(-c3cccc(C4(c5nncn5C)CC(C)C4)c3)c(F)c2n1COCC[Si](C)(C)C. The maximum Gasteiger partial charge on any atom is 0.355 e. The molecule has 0 aliphatic heterocycles. The molecule has 0 atom stereocenters. The highest BCUT2D eigenvalue weighted by molar-refractivity contribution is 6.76. The van der Waals surface area contributed by atoms with E-state index < -0.39 is 31.7 Å². The minimum Gasteiger partial charge on any atom is -0.461 e. The zero-order chi connectivity index (χ0) is 31.1. The van der Waals surface area contributed by atoms with Crippen molar-refractivity contribution in [1.29, 1.82) is 0 Å². The molecule has 1 aliphatic carbocycles. The Balaban J connectivity index is 1.66. The molecular formula is C32H39F3N4O3Si. The van der Waals surface area contributed by atoms with E-state index in [1.165, 1.54) is 16.7 Å². The van der Waals surface area contributed by atoms with Crippen LogP contribution in [-0.2, 0) is 28.7 Å².